The van der Waals surface area contributed by atoms with Gasteiger partial charge in [-0.1, -0.05) is 29.5 Å². The minimum absolute atomic E-state index is 0.0492. The number of benzene rings is 2. The first-order valence-electron chi connectivity index (χ1n) is 12.3. The lowest BCUT2D eigenvalue weighted by molar-refractivity contribution is -0.138. The molecular weight excluding hydrogens is 504 g/mol. The summed E-state index contributed by atoms with van der Waals surface area (Å²) in [5, 5.41) is 29.2. The Morgan fingerprint density at radius 1 is 1.21 bits per heavy atom. The summed E-state index contributed by atoms with van der Waals surface area (Å²) in [4.78, 5) is 25.8. The number of aromatic nitrogens is 2. The third kappa shape index (κ3) is 5.94. The number of carbonyl (C=O) groups excluding carboxylic acids is 1. The molecular formula is C28H30N4O5S. The molecule has 1 aliphatic rings. The van der Waals surface area contributed by atoms with Crippen LogP contribution in [0.3, 0.4) is 0 Å². The topological polar surface area (TPSA) is 126 Å². The molecule has 2 aromatic carbocycles. The zero-order chi connectivity index (χ0) is 27.6. The number of carboxylic acid groups (broad SMARTS) is 1. The normalized spacial score (nSPS) is 14.6. The van der Waals surface area contributed by atoms with Gasteiger partial charge >= 0.3 is 12.1 Å². The highest BCUT2D eigenvalue weighted by atomic mass is 32.1. The minimum Gasteiger partial charge on any atom is -0.490 e. The maximum absolute atomic E-state index is 12.9. The van der Waals surface area contributed by atoms with Crippen molar-refractivity contribution in [3.05, 3.63) is 53.1 Å². The Balaban J connectivity index is 1.65. The average molecular weight is 535 g/mol. The van der Waals surface area contributed by atoms with Crippen LogP contribution in [0.25, 0.3) is 21.1 Å². The first-order valence-corrected chi connectivity index (χ1v) is 13.2. The summed E-state index contributed by atoms with van der Waals surface area (Å²) in [5.74, 6) is -0.574. The number of ether oxygens (including phenoxy) is 2. The van der Waals surface area contributed by atoms with Gasteiger partial charge in [0.2, 0.25) is 0 Å². The van der Waals surface area contributed by atoms with Gasteiger partial charge in [0.05, 0.1) is 17.7 Å². The van der Waals surface area contributed by atoms with Gasteiger partial charge in [0.25, 0.3) is 0 Å². The molecule has 1 atom stereocenters. The Labute approximate surface area is 225 Å². The van der Waals surface area contributed by atoms with Gasteiger partial charge in [-0.15, -0.1) is 10.2 Å². The van der Waals surface area contributed by atoms with E-state index < -0.39 is 30.3 Å². The van der Waals surface area contributed by atoms with Crippen molar-refractivity contribution in [1.29, 1.82) is 5.26 Å². The Hall–Kier alpha value is -3.97. The molecule has 1 aliphatic carbocycles. The third-order valence-corrected chi connectivity index (χ3v) is 6.92. The molecule has 0 bridgehead atoms. The van der Waals surface area contributed by atoms with E-state index in [1.165, 1.54) is 16.2 Å². The van der Waals surface area contributed by atoms with Crippen LogP contribution in [0.1, 0.15) is 63.8 Å². The Bertz CT molecular complexity index is 1400. The van der Waals surface area contributed by atoms with Crippen molar-refractivity contribution in [2.75, 3.05) is 6.54 Å². The molecule has 10 heteroatoms. The predicted molar refractivity (Wildman–Crippen MR) is 143 cm³/mol. The van der Waals surface area contributed by atoms with Crippen LogP contribution in [0.4, 0.5) is 4.79 Å². The van der Waals surface area contributed by atoms with Crippen molar-refractivity contribution in [1.82, 2.24) is 15.1 Å². The lowest BCUT2D eigenvalue weighted by Gasteiger charge is -2.31. The summed E-state index contributed by atoms with van der Waals surface area (Å²) in [6, 6.07) is 12.9. The van der Waals surface area contributed by atoms with Gasteiger partial charge in [0, 0.05) is 11.1 Å². The summed E-state index contributed by atoms with van der Waals surface area (Å²) < 4.78 is 11.2. The second-order valence-electron chi connectivity index (χ2n) is 10.3. The molecule has 0 saturated carbocycles. The summed E-state index contributed by atoms with van der Waals surface area (Å²) in [6.07, 6.45) is 0.531. The highest BCUT2D eigenvalue weighted by Gasteiger charge is 2.36. The summed E-state index contributed by atoms with van der Waals surface area (Å²) in [5.41, 5.74) is 3.24. The first-order chi connectivity index (χ1) is 18.0. The average Bonchev–Trinajstić information content (AvgIpc) is 3.49. The van der Waals surface area contributed by atoms with Gasteiger partial charge in [-0.25, -0.2) is 4.79 Å². The fourth-order valence-corrected chi connectivity index (χ4v) is 5.37. The fraction of sp³-hybridized carbons (Fsp3) is 0.393. The van der Waals surface area contributed by atoms with Gasteiger partial charge in [-0.2, -0.15) is 5.26 Å². The van der Waals surface area contributed by atoms with E-state index in [4.69, 9.17) is 9.47 Å². The highest BCUT2D eigenvalue weighted by molar-refractivity contribution is 7.17. The smallest absolute Gasteiger partial charge is 0.411 e. The van der Waals surface area contributed by atoms with E-state index in [9.17, 15) is 20.0 Å². The van der Waals surface area contributed by atoms with Crippen LogP contribution in [0, 0.1) is 11.3 Å². The Morgan fingerprint density at radius 3 is 2.61 bits per heavy atom. The number of rotatable bonds is 7. The maximum Gasteiger partial charge on any atom is 0.411 e. The van der Waals surface area contributed by atoms with Crippen molar-refractivity contribution in [3.8, 4) is 33.0 Å². The van der Waals surface area contributed by atoms with E-state index in [0.717, 1.165) is 22.3 Å². The van der Waals surface area contributed by atoms with Gasteiger partial charge in [0.1, 0.15) is 34.0 Å². The third-order valence-electron chi connectivity index (χ3n) is 5.91. The predicted octanol–water partition coefficient (Wildman–Crippen LogP) is 5.84. The molecule has 198 valence electrons. The summed E-state index contributed by atoms with van der Waals surface area (Å²) in [6.45, 7) is 8.61. The van der Waals surface area contributed by atoms with Crippen molar-refractivity contribution in [2.24, 2.45) is 0 Å². The van der Waals surface area contributed by atoms with Crippen molar-refractivity contribution < 1.29 is 24.2 Å². The molecule has 1 amide bonds. The molecule has 9 nitrogen and oxygen atoms in total. The lowest BCUT2D eigenvalue weighted by Crippen LogP contribution is -2.41. The number of carbonyl (C=O) groups is 2. The first kappa shape index (κ1) is 27.1. The second kappa shape index (κ2) is 10.8. The number of hydrogen-bond donors (Lipinski definition) is 1. The van der Waals surface area contributed by atoms with Gasteiger partial charge in [-0.05, 0) is 76.8 Å². The molecule has 0 aliphatic heterocycles. The van der Waals surface area contributed by atoms with E-state index >= 15 is 0 Å². The number of nitriles is 1. The monoisotopic (exact) mass is 534 g/mol. The molecule has 38 heavy (non-hydrogen) atoms. The molecule has 0 spiro atoms. The minimum atomic E-state index is -1.10. The fourth-order valence-electron chi connectivity index (χ4n) is 4.48. The molecule has 0 radical (unpaired) electrons. The van der Waals surface area contributed by atoms with E-state index in [0.29, 0.717) is 34.2 Å². The number of nitrogens with zero attached hydrogens (tertiary/aromatic N) is 4. The Morgan fingerprint density at radius 2 is 1.95 bits per heavy atom. The van der Waals surface area contributed by atoms with Crippen LogP contribution in [-0.2, 0) is 16.0 Å². The molecule has 3 aromatic rings. The molecule has 0 saturated heterocycles. The SMILES string of the molecule is CC(C)Oc1ccc(-c2nnc(-c3cccc4c3CC[C@@H]4N(CC(=O)O)C(=O)OC(C)(C)C)s2)cc1C#N. The highest BCUT2D eigenvalue weighted by Crippen LogP contribution is 2.42. The molecule has 1 N–H and O–H groups in total. The van der Waals surface area contributed by atoms with Crippen LogP contribution in [0.5, 0.6) is 5.75 Å². The number of fused-ring (bicyclic) bond motifs is 1. The van der Waals surface area contributed by atoms with Gasteiger partial charge < -0.3 is 14.6 Å². The zero-order valence-electron chi connectivity index (χ0n) is 22.0. The molecule has 1 heterocycles. The van der Waals surface area contributed by atoms with Crippen LogP contribution in [0.2, 0.25) is 0 Å². The number of amides is 1. The second-order valence-corrected chi connectivity index (χ2v) is 11.3. The molecule has 0 unspecified atom stereocenters. The molecule has 0 fully saturated rings. The summed E-state index contributed by atoms with van der Waals surface area (Å²) in [7, 11) is 0. The van der Waals surface area contributed by atoms with Crippen LogP contribution in [-0.4, -0.2) is 50.5 Å². The quantitative estimate of drug-likeness (QED) is 0.401. The summed E-state index contributed by atoms with van der Waals surface area (Å²) >= 11 is 1.41. The molecule has 1 aromatic heterocycles. The number of aliphatic carboxylic acids is 1. The van der Waals surface area contributed by atoms with Gasteiger partial charge in [-0.3, -0.25) is 9.69 Å². The standard InChI is InChI=1S/C28H30N4O5S/c1-16(2)36-23-12-9-17(13-18(23)14-29)25-30-31-26(38-25)21-8-6-7-20-19(21)10-11-22(20)32(15-24(33)34)27(35)37-28(3,4)5/h6-9,12-13,16,22H,10-11,15H2,1-5H3,(H,33,34)/t22-/m0/s1. The van der Waals surface area contributed by atoms with E-state index in [-0.39, 0.29) is 6.10 Å². The zero-order valence-corrected chi connectivity index (χ0v) is 22.8. The van der Waals surface area contributed by atoms with E-state index in [2.05, 4.69) is 16.3 Å². The Kier molecular flexibility index (Phi) is 7.69. The van der Waals surface area contributed by atoms with Crippen molar-refractivity contribution >= 4 is 23.4 Å². The largest absolute Gasteiger partial charge is 0.490 e. The van der Waals surface area contributed by atoms with Crippen LogP contribution >= 0.6 is 11.3 Å². The van der Waals surface area contributed by atoms with Crippen LogP contribution in [0.15, 0.2) is 36.4 Å². The number of carboxylic acids is 1. The van der Waals surface area contributed by atoms with E-state index in [1.807, 2.05) is 38.1 Å². The van der Waals surface area contributed by atoms with Crippen molar-refractivity contribution in [3.63, 3.8) is 0 Å². The van der Waals surface area contributed by atoms with E-state index in [1.54, 1.807) is 32.9 Å². The maximum atomic E-state index is 12.9. The van der Waals surface area contributed by atoms with Crippen LogP contribution < -0.4 is 4.74 Å². The lowest BCUT2D eigenvalue weighted by atomic mass is 10.0. The van der Waals surface area contributed by atoms with Crippen molar-refractivity contribution in [2.45, 2.75) is 65.2 Å². The van der Waals surface area contributed by atoms with Gasteiger partial charge in [0.15, 0.2) is 0 Å². The number of hydrogen-bond acceptors (Lipinski definition) is 8. The molecule has 4 rings (SSSR count).